The van der Waals surface area contributed by atoms with Crippen molar-refractivity contribution in [3.8, 4) is 11.6 Å². The van der Waals surface area contributed by atoms with Crippen molar-refractivity contribution in [1.82, 2.24) is 19.9 Å². The molecular formula is C17H21N5O2. The fourth-order valence-corrected chi connectivity index (χ4v) is 3.13. The van der Waals surface area contributed by atoms with Gasteiger partial charge in [0, 0.05) is 44.6 Å². The largest absolute Gasteiger partial charge is 0.484 e. The third-order valence-corrected chi connectivity index (χ3v) is 4.55. The van der Waals surface area contributed by atoms with Gasteiger partial charge in [0.05, 0.1) is 5.69 Å². The van der Waals surface area contributed by atoms with E-state index in [1.54, 1.807) is 12.4 Å². The number of hydrogen-bond acceptors (Lipinski definition) is 7. The van der Waals surface area contributed by atoms with Crippen LogP contribution in [0.3, 0.4) is 0 Å². The first-order valence-corrected chi connectivity index (χ1v) is 8.34. The molecule has 4 heterocycles. The Balaban J connectivity index is 1.42. The predicted molar refractivity (Wildman–Crippen MR) is 89.5 cm³/mol. The van der Waals surface area contributed by atoms with Gasteiger partial charge in [-0.1, -0.05) is 0 Å². The summed E-state index contributed by atoms with van der Waals surface area (Å²) < 4.78 is 11.1. The molecule has 2 aromatic heterocycles. The second kappa shape index (κ2) is 6.60. The van der Waals surface area contributed by atoms with E-state index in [0.29, 0.717) is 19.1 Å². The number of ether oxygens (including phenoxy) is 2. The average Bonchev–Trinajstić information content (AvgIpc) is 2.68. The van der Waals surface area contributed by atoms with Gasteiger partial charge in [0.25, 0.3) is 5.88 Å². The van der Waals surface area contributed by atoms with Crippen LogP contribution in [0.4, 0.5) is 5.95 Å². The molecule has 0 aromatic carbocycles. The fraction of sp³-hybridized carbons (Fsp3) is 0.471. The molecule has 2 aromatic rings. The van der Waals surface area contributed by atoms with Crippen LogP contribution in [0.1, 0.15) is 18.7 Å². The molecule has 7 heteroatoms. The van der Waals surface area contributed by atoms with E-state index in [4.69, 9.17) is 9.47 Å². The van der Waals surface area contributed by atoms with Gasteiger partial charge in [-0.05, 0) is 25.1 Å². The molecule has 0 aliphatic carbocycles. The maximum absolute atomic E-state index is 5.60. The van der Waals surface area contributed by atoms with E-state index in [-0.39, 0.29) is 6.04 Å². The monoisotopic (exact) mass is 327 g/mol. The summed E-state index contributed by atoms with van der Waals surface area (Å²) in [6.07, 6.45) is 3.58. The predicted octanol–water partition coefficient (Wildman–Crippen LogP) is 1.53. The molecule has 126 valence electrons. The molecule has 2 aliphatic heterocycles. The lowest BCUT2D eigenvalue weighted by Gasteiger charge is -2.37. The summed E-state index contributed by atoms with van der Waals surface area (Å²) in [5.41, 5.74) is 1.02. The van der Waals surface area contributed by atoms with Crippen LogP contribution in [0, 0.1) is 0 Å². The Bertz CT molecular complexity index is 689. The molecule has 2 aliphatic rings. The molecule has 0 spiro atoms. The van der Waals surface area contributed by atoms with Crippen molar-refractivity contribution < 1.29 is 9.47 Å². The molecule has 0 radical (unpaired) electrons. The van der Waals surface area contributed by atoms with Gasteiger partial charge in [-0.15, -0.1) is 0 Å². The van der Waals surface area contributed by atoms with Crippen LogP contribution in [0.2, 0.25) is 0 Å². The van der Waals surface area contributed by atoms with Crippen molar-refractivity contribution >= 4 is 5.95 Å². The number of pyridine rings is 1. The third-order valence-electron chi connectivity index (χ3n) is 4.55. The van der Waals surface area contributed by atoms with Crippen LogP contribution >= 0.6 is 0 Å². The first-order valence-electron chi connectivity index (χ1n) is 8.34. The number of piperazine rings is 1. The highest BCUT2D eigenvalue weighted by atomic mass is 16.6. The first kappa shape index (κ1) is 15.1. The van der Waals surface area contributed by atoms with Gasteiger partial charge in [-0.3, -0.25) is 4.90 Å². The van der Waals surface area contributed by atoms with Gasteiger partial charge < -0.3 is 14.4 Å². The summed E-state index contributed by atoms with van der Waals surface area (Å²) in [7, 11) is 0. The SMILES string of the molecule is CC(c1ccc2c(n1)OCCO2)N1CCN(c2ncccn2)CC1. The Morgan fingerprint density at radius 2 is 1.75 bits per heavy atom. The molecular weight excluding hydrogens is 306 g/mol. The van der Waals surface area contributed by atoms with Gasteiger partial charge >= 0.3 is 0 Å². The van der Waals surface area contributed by atoms with Crippen molar-refractivity contribution in [2.45, 2.75) is 13.0 Å². The topological polar surface area (TPSA) is 63.6 Å². The molecule has 24 heavy (non-hydrogen) atoms. The quantitative estimate of drug-likeness (QED) is 0.847. The minimum atomic E-state index is 0.236. The zero-order chi connectivity index (χ0) is 16.4. The number of nitrogens with zero attached hydrogens (tertiary/aromatic N) is 5. The van der Waals surface area contributed by atoms with Crippen molar-refractivity contribution in [2.75, 3.05) is 44.3 Å². The standard InChI is InChI=1S/C17H21N5O2/c1-13(14-3-4-15-16(20-14)24-12-11-23-15)21-7-9-22(10-8-21)17-18-5-2-6-19-17/h2-6,13H,7-12H2,1H3. The summed E-state index contributed by atoms with van der Waals surface area (Å²) in [5.74, 6) is 2.16. The average molecular weight is 327 g/mol. The Kier molecular flexibility index (Phi) is 4.17. The van der Waals surface area contributed by atoms with E-state index >= 15 is 0 Å². The molecule has 1 saturated heterocycles. The minimum Gasteiger partial charge on any atom is -0.484 e. The lowest BCUT2D eigenvalue weighted by Crippen LogP contribution is -2.47. The van der Waals surface area contributed by atoms with Crippen LogP contribution < -0.4 is 14.4 Å². The van der Waals surface area contributed by atoms with Gasteiger partial charge in [-0.2, -0.15) is 0 Å². The van der Waals surface area contributed by atoms with E-state index < -0.39 is 0 Å². The Hall–Kier alpha value is -2.41. The number of hydrogen-bond donors (Lipinski definition) is 0. The second-order valence-corrected chi connectivity index (χ2v) is 5.98. The first-order chi connectivity index (χ1) is 11.8. The van der Waals surface area contributed by atoms with Crippen molar-refractivity contribution in [3.63, 3.8) is 0 Å². The smallest absolute Gasteiger partial charge is 0.257 e. The van der Waals surface area contributed by atoms with Gasteiger partial charge in [0.15, 0.2) is 5.75 Å². The highest BCUT2D eigenvalue weighted by Gasteiger charge is 2.25. The maximum atomic E-state index is 5.60. The van der Waals surface area contributed by atoms with E-state index in [1.807, 2.05) is 18.2 Å². The maximum Gasteiger partial charge on any atom is 0.257 e. The number of rotatable bonds is 3. The van der Waals surface area contributed by atoms with E-state index in [0.717, 1.165) is 43.6 Å². The summed E-state index contributed by atoms with van der Waals surface area (Å²) in [6, 6.07) is 6.07. The van der Waals surface area contributed by atoms with Crippen molar-refractivity contribution in [1.29, 1.82) is 0 Å². The van der Waals surface area contributed by atoms with Gasteiger partial charge in [0.1, 0.15) is 13.2 Å². The lowest BCUT2D eigenvalue weighted by molar-refractivity contribution is 0.159. The lowest BCUT2D eigenvalue weighted by atomic mass is 10.1. The van der Waals surface area contributed by atoms with Gasteiger partial charge in [-0.25, -0.2) is 15.0 Å². The second-order valence-electron chi connectivity index (χ2n) is 5.98. The summed E-state index contributed by atoms with van der Waals surface area (Å²) in [5, 5.41) is 0. The highest BCUT2D eigenvalue weighted by Crippen LogP contribution is 2.31. The number of anilines is 1. The van der Waals surface area contributed by atoms with E-state index in [2.05, 4.69) is 31.7 Å². The Morgan fingerprint density at radius 1 is 1.00 bits per heavy atom. The zero-order valence-electron chi connectivity index (χ0n) is 13.8. The summed E-state index contributed by atoms with van der Waals surface area (Å²) in [4.78, 5) is 18.0. The molecule has 7 nitrogen and oxygen atoms in total. The molecule has 1 unspecified atom stereocenters. The minimum absolute atomic E-state index is 0.236. The molecule has 0 amide bonds. The third kappa shape index (κ3) is 2.99. The summed E-state index contributed by atoms with van der Waals surface area (Å²) >= 11 is 0. The van der Waals surface area contributed by atoms with Gasteiger partial charge in [0.2, 0.25) is 5.95 Å². The Labute approximate surface area is 141 Å². The molecule has 1 atom stereocenters. The van der Waals surface area contributed by atoms with Crippen molar-refractivity contribution in [2.24, 2.45) is 0 Å². The molecule has 0 bridgehead atoms. The van der Waals surface area contributed by atoms with Crippen LogP contribution in [-0.2, 0) is 0 Å². The Morgan fingerprint density at radius 3 is 2.54 bits per heavy atom. The van der Waals surface area contributed by atoms with Crippen LogP contribution in [-0.4, -0.2) is 59.2 Å². The van der Waals surface area contributed by atoms with E-state index in [1.165, 1.54) is 0 Å². The summed E-state index contributed by atoms with van der Waals surface area (Å²) in [6.45, 7) is 7.08. The van der Waals surface area contributed by atoms with Crippen LogP contribution in [0.25, 0.3) is 0 Å². The van der Waals surface area contributed by atoms with Crippen molar-refractivity contribution in [3.05, 3.63) is 36.3 Å². The number of fused-ring (bicyclic) bond motifs is 1. The normalized spacial score (nSPS) is 19.1. The van der Waals surface area contributed by atoms with Crippen LogP contribution in [0.15, 0.2) is 30.6 Å². The van der Waals surface area contributed by atoms with Crippen LogP contribution in [0.5, 0.6) is 11.6 Å². The highest BCUT2D eigenvalue weighted by molar-refractivity contribution is 5.36. The zero-order valence-corrected chi connectivity index (χ0v) is 13.8. The molecule has 0 saturated carbocycles. The molecule has 4 rings (SSSR count). The number of aromatic nitrogens is 3. The molecule has 1 fully saturated rings. The fourth-order valence-electron chi connectivity index (χ4n) is 3.13. The molecule has 0 N–H and O–H groups in total. The van der Waals surface area contributed by atoms with E-state index in [9.17, 15) is 0 Å².